The van der Waals surface area contributed by atoms with Crippen molar-refractivity contribution in [2.75, 3.05) is 18.1 Å². The number of benzene rings is 3. The third-order valence-electron chi connectivity index (χ3n) is 13.2. The van der Waals surface area contributed by atoms with Crippen LogP contribution in [0.2, 0.25) is 0 Å². The number of primary amides is 1. The van der Waals surface area contributed by atoms with E-state index in [1.807, 2.05) is 18.2 Å². The highest BCUT2D eigenvalue weighted by Gasteiger charge is 2.36. The molecular formula is C54H70N16O10S2. The maximum absolute atomic E-state index is 14.8. The van der Waals surface area contributed by atoms with Gasteiger partial charge in [0, 0.05) is 60.6 Å². The molecule has 26 nitrogen and oxygen atoms in total. The number of nitrogens with two attached hydrogens (primary N) is 3. The van der Waals surface area contributed by atoms with E-state index in [9.17, 15) is 48.3 Å². The number of aromatic nitrogens is 3. The number of imidazole rings is 1. The van der Waals surface area contributed by atoms with Gasteiger partial charge in [-0.05, 0) is 55.9 Å². The number of hydrogen-bond acceptors (Lipinski definition) is 15. The number of para-hydroxylation sites is 1. The number of aliphatic hydroxyl groups excluding tert-OH is 1. The van der Waals surface area contributed by atoms with E-state index in [4.69, 9.17) is 22.6 Å². The molecule has 82 heavy (non-hydrogen) atoms. The lowest BCUT2D eigenvalue weighted by molar-refractivity contribution is -0.135. The summed E-state index contributed by atoms with van der Waals surface area (Å²) in [6.45, 7) is 2.65. The summed E-state index contributed by atoms with van der Waals surface area (Å²) in [5, 5.41) is 42.7. The van der Waals surface area contributed by atoms with Crippen molar-refractivity contribution in [1.82, 2.24) is 62.8 Å². The molecule has 0 unspecified atom stereocenters. The van der Waals surface area contributed by atoms with Crippen LogP contribution in [0.5, 0.6) is 0 Å². The Kier molecular flexibility index (Phi) is 23.7. The number of nitrogens with zero attached hydrogens (tertiary/aromatic N) is 1. The highest BCUT2D eigenvalue weighted by molar-refractivity contribution is 8.76. The Morgan fingerprint density at radius 1 is 0.720 bits per heavy atom. The maximum Gasteiger partial charge on any atom is 0.244 e. The highest BCUT2D eigenvalue weighted by Crippen LogP contribution is 2.24. The number of aromatic amines is 2. The Balaban J connectivity index is 1.40. The molecule has 1 fully saturated rings. The Morgan fingerprint density at radius 2 is 1.30 bits per heavy atom. The van der Waals surface area contributed by atoms with Gasteiger partial charge in [0.05, 0.1) is 24.2 Å². The van der Waals surface area contributed by atoms with Crippen molar-refractivity contribution in [3.8, 4) is 0 Å². The fourth-order valence-electron chi connectivity index (χ4n) is 8.69. The summed E-state index contributed by atoms with van der Waals surface area (Å²) in [6.07, 6.45) is 2.76. The molecular weight excluding hydrogens is 1100 g/mol. The lowest BCUT2D eigenvalue weighted by Crippen LogP contribution is -2.61. The van der Waals surface area contributed by atoms with Gasteiger partial charge >= 0.3 is 0 Å². The molecule has 28 heteroatoms. The molecule has 19 N–H and O–H groups in total. The first-order chi connectivity index (χ1) is 39.3. The van der Waals surface area contributed by atoms with E-state index in [0.717, 1.165) is 38.1 Å². The molecule has 6 rings (SSSR count). The summed E-state index contributed by atoms with van der Waals surface area (Å²) >= 11 is 0. The Morgan fingerprint density at radius 3 is 1.95 bits per heavy atom. The minimum absolute atomic E-state index is 0.0881. The van der Waals surface area contributed by atoms with Crippen molar-refractivity contribution in [3.05, 3.63) is 126 Å². The molecule has 438 valence electrons. The van der Waals surface area contributed by atoms with E-state index < -0.39 is 114 Å². The predicted molar refractivity (Wildman–Crippen MR) is 309 cm³/mol. The quantitative estimate of drug-likeness (QED) is 0.0194. The number of H-pyrrole nitrogens is 2. The van der Waals surface area contributed by atoms with Crippen LogP contribution < -0.4 is 65.1 Å². The second-order valence-corrected chi connectivity index (χ2v) is 22.1. The van der Waals surface area contributed by atoms with Crippen molar-refractivity contribution in [2.24, 2.45) is 17.2 Å². The van der Waals surface area contributed by atoms with Crippen LogP contribution in [-0.2, 0) is 68.8 Å². The molecule has 5 aromatic rings. The van der Waals surface area contributed by atoms with Gasteiger partial charge in [-0.15, -0.1) is 0 Å². The summed E-state index contributed by atoms with van der Waals surface area (Å²) in [7, 11) is 1.94. The molecule has 3 aromatic carbocycles. The fourth-order valence-corrected chi connectivity index (χ4v) is 11.0. The summed E-state index contributed by atoms with van der Waals surface area (Å²) in [4.78, 5) is 138. The van der Waals surface area contributed by atoms with E-state index in [-0.39, 0.29) is 62.5 Å². The number of rotatable bonds is 18. The molecule has 2 aromatic heterocycles. The molecule has 3 heterocycles. The Labute approximate surface area is 480 Å². The first-order valence-corrected chi connectivity index (χ1v) is 28.8. The van der Waals surface area contributed by atoms with Crippen LogP contribution in [0.4, 0.5) is 0 Å². The number of fused-ring (bicyclic) bond motifs is 1. The average Bonchev–Trinajstić information content (AvgIpc) is 4.15. The zero-order chi connectivity index (χ0) is 59.3. The van der Waals surface area contributed by atoms with Crippen LogP contribution >= 0.6 is 21.6 Å². The Bertz CT molecular complexity index is 3010. The van der Waals surface area contributed by atoms with Crippen LogP contribution in [0, 0.1) is 5.41 Å². The fraction of sp³-hybridized carbons (Fsp3) is 0.389. The van der Waals surface area contributed by atoms with Crippen molar-refractivity contribution < 1.29 is 48.3 Å². The van der Waals surface area contributed by atoms with Gasteiger partial charge in [-0.1, -0.05) is 100 Å². The van der Waals surface area contributed by atoms with Crippen LogP contribution in [0.15, 0.2) is 104 Å². The molecule has 1 saturated heterocycles. The van der Waals surface area contributed by atoms with Crippen molar-refractivity contribution in [2.45, 2.75) is 113 Å². The number of carbonyl (C=O) groups is 9. The first-order valence-electron chi connectivity index (χ1n) is 26.3. The standard InChI is InChI=1S/C54H70N16O10S2/c1-29-46(73)68-43(53(80)70-44(30(2)71)45(56)72)27-82-81-26-42(69-47(74)36(55)20-31-12-5-3-6-13-31)52(79)67-41(23-34-25-59-28-62-34)51(78)65-39(21-32-14-7-4-8-15-32)50(77)64-38(18-11-19-60-54(57)58)48(75)66-40(49(76)63-29)22-33-24-61-37-17-10-9-16-35(33)37/h3-10,12-17,24-25,28-30,36,38-44,61,71H,11,18-23,26-27,55H2,1-2H3,(H2,56,72)(H,59,62)(H,63,76)(H,64,77)(H,65,78)(H,66,75)(H,67,79)(H,68,73)(H,69,74)(H,70,80)(H4,57,58,60)/t29-,30+,36+,38-,39+,40-,41-,42-,43+,44-/m0/s1. The predicted octanol–water partition coefficient (Wildman–Crippen LogP) is -2.09. The maximum atomic E-state index is 14.8. The van der Waals surface area contributed by atoms with E-state index in [1.165, 1.54) is 26.4 Å². The number of guanidine groups is 1. The third kappa shape index (κ3) is 19.1. The number of nitrogens with one attached hydrogen (secondary N) is 12. The van der Waals surface area contributed by atoms with Crippen molar-refractivity contribution in [1.29, 1.82) is 5.41 Å². The van der Waals surface area contributed by atoms with E-state index in [0.29, 0.717) is 16.8 Å². The normalized spacial score (nSPS) is 22.1. The van der Waals surface area contributed by atoms with Gasteiger partial charge < -0.3 is 80.1 Å². The Hall–Kier alpha value is -8.47. The van der Waals surface area contributed by atoms with E-state index >= 15 is 0 Å². The molecule has 10 atom stereocenters. The molecule has 0 spiro atoms. The van der Waals surface area contributed by atoms with Gasteiger partial charge in [0.2, 0.25) is 53.2 Å². The largest absolute Gasteiger partial charge is 0.391 e. The van der Waals surface area contributed by atoms with Crippen LogP contribution in [-0.4, -0.2) is 158 Å². The van der Waals surface area contributed by atoms with Crippen molar-refractivity contribution in [3.63, 3.8) is 0 Å². The molecule has 0 saturated carbocycles. The smallest absolute Gasteiger partial charge is 0.244 e. The summed E-state index contributed by atoms with van der Waals surface area (Å²) in [5.41, 5.74) is 20.4. The number of amides is 9. The van der Waals surface area contributed by atoms with Crippen LogP contribution in [0.25, 0.3) is 10.9 Å². The molecule has 0 radical (unpaired) electrons. The summed E-state index contributed by atoms with van der Waals surface area (Å²) < 4.78 is 0. The lowest BCUT2D eigenvalue weighted by atomic mass is 10.0. The minimum atomic E-state index is -1.59. The van der Waals surface area contributed by atoms with Crippen LogP contribution in [0.1, 0.15) is 49.1 Å². The summed E-state index contributed by atoms with van der Waals surface area (Å²) in [6, 6.07) is 12.1. The molecule has 1 aliphatic rings. The minimum Gasteiger partial charge on any atom is -0.391 e. The molecule has 0 aliphatic carbocycles. The SMILES string of the molecule is C[C@@H]1NC(=O)[C@H](Cc2c[nH]c3ccccc23)NC(=O)[C@H](CCCNC(=N)N)NC(=O)[C@@H](Cc2ccccc2)NC(=O)[C@H](Cc2c[nH]cn2)NC(=O)[C@@H](NC(=O)[C@H](N)Cc2ccccc2)CSSC[C@H](C(=O)N[C@H](C(N)=O)[C@@H](C)O)NC1=O. The van der Waals surface area contributed by atoms with Gasteiger partial charge in [-0.2, -0.15) is 0 Å². The average molecular weight is 1170 g/mol. The number of aliphatic hydroxyl groups is 1. The molecule has 1 aliphatic heterocycles. The van der Waals surface area contributed by atoms with E-state index in [1.54, 1.807) is 72.9 Å². The zero-order valence-corrected chi connectivity index (χ0v) is 46.7. The lowest BCUT2D eigenvalue weighted by Gasteiger charge is -2.28. The van der Waals surface area contributed by atoms with Crippen molar-refractivity contribution >= 4 is 91.6 Å². The van der Waals surface area contributed by atoms with Gasteiger partial charge in [0.1, 0.15) is 48.3 Å². The third-order valence-corrected chi connectivity index (χ3v) is 15.6. The molecule has 0 bridgehead atoms. The van der Waals surface area contributed by atoms with Gasteiger partial charge in [-0.3, -0.25) is 48.6 Å². The number of carbonyl (C=O) groups excluding carboxylic acids is 9. The van der Waals surface area contributed by atoms with Gasteiger partial charge in [0.25, 0.3) is 0 Å². The first kappa shape index (κ1) is 62.7. The van der Waals surface area contributed by atoms with Gasteiger partial charge in [-0.25, -0.2) is 4.98 Å². The second-order valence-electron chi connectivity index (χ2n) is 19.6. The van der Waals surface area contributed by atoms with E-state index in [2.05, 4.69) is 62.8 Å². The summed E-state index contributed by atoms with van der Waals surface area (Å²) in [5.74, 6) is -8.75. The zero-order valence-electron chi connectivity index (χ0n) is 45.1. The number of hydrogen-bond donors (Lipinski definition) is 16. The molecule has 9 amide bonds. The second kappa shape index (κ2) is 30.9. The van der Waals surface area contributed by atoms with Gasteiger partial charge in [0.15, 0.2) is 5.96 Å². The highest BCUT2D eigenvalue weighted by atomic mass is 33.1. The van der Waals surface area contributed by atoms with Crippen LogP contribution in [0.3, 0.4) is 0 Å². The topological polar surface area (TPSA) is 429 Å². The monoisotopic (exact) mass is 1170 g/mol.